The number of hydrogen-bond donors (Lipinski definition) is 1. The van der Waals surface area contributed by atoms with Gasteiger partial charge in [-0.25, -0.2) is 9.46 Å². The van der Waals surface area contributed by atoms with Crippen LogP contribution in [0.5, 0.6) is 11.5 Å². The smallest absolute Gasteiger partial charge is 0.351 e. The Kier molecular flexibility index (Phi) is 18.2. The minimum atomic E-state index is -2.45. The number of aromatic amines is 1. The summed E-state index contributed by atoms with van der Waals surface area (Å²) in [4.78, 5) is 21.9. The van der Waals surface area contributed by atoms with E-state index < -0.39 is 52.7 Å². The highest BCUT2D eigenvalue weighted by Crippen LogP contribution is 2.52. The topological polar surface area (TPSA) is 152 Å². The quantitative estimate of drug-likeness (QED) is 0.0206. The van der Waals surface area contributed by atoms with Gasteiger partial charge in [-0.05, 0) is 98.3 Å². The lowest BCUT2D eigenvalue weighted by Gasteiger charge is -2.42. The molecule has 3 heterocycles. The van der Waals surface area contributed by atoms with Crippen LogP contribution in [0.1, 0.15) is 104 Å². The summed E-state index contributed by atoms with van der Waals surface area (Å²) in [6.07, 6.45) is -1.81. The second-order valence-corrected chi connectivity index (χ2v) is 25.8. The lowest BCUT2D eigenvalue weighted by molar-refractivity contribution is -0.116. The van der Waals surface area contributed by atoms with Crippen LogP contribution < -0.4 is 15.2 Å². The van der Waals surface area contributed by atoms with Crippen LogP contribution in [0, 0.1) is 18.3 Å². The molecular weight excluding hydrogens is 898 g/mol. The molecule has 1 saturated heterocycles. The van der Waals surface area contributed by atoms with Crippen LogP contribution >= 0.6 is 8.53 Å². The molecule has 1 aliphatic heterocycles. The maximum atomic E-state index is 14.3. The van der Waals surface area contributed by atoms with Crippen LogP contribution in [0.15, 0.2) is 95.9 Å². The fraction of sp³-hybridized carbons (Fsp3) is 0.519. The first-order valence-corrected chi connectivity index (χ1v) is 27.0. The SMILES string of the molecule is COc1ccc(C(OC[C@H]2O[C@@H](n3cc4cc(C)[nH]c4nc3=O)[C@H](OCO[Si](C(C)C)(C(C)C)C(C)C)[C@@H]2OP(OCCC#N)N(C(C)C)C(C)C)(c2ccccc2)c2ccc(OC)cc2)cc1. The summed E-state index contributed by atoms with van der Waals surface area (Å²) < 4.78 is 57.6. The van der Waals surface area contributed by atoms with Gasteiger partial charge in [0.05, 0.1) is 39.9 Å². The van der Waals surface area contributed by atoms with Crippen molar-refractivity contribution in [1.82, 2.24) is 19.2 Å². The Morgan fingerprint density at radius 1 is 0.838 bits per heavy atom. The summed E-state index contributed by atoms with van der Waals surface area (Å²) in [5.41, 5.74) is 2.99. The van der Waals surface area contributed by atoms with Crippen molar-refractivity contribution in [3.05, 3.63) is 124 Å². The number of nitriles is 1. The van der Waals surface area contributed by atoms with E-state index >= 15 is 0 Å². The number of methoxy groups -OCH3 is 2. The number of hydrogen-bond acceptors (Lipinski definition) is 12. The summed E-state index contributed by atoms with van der Waals surface area (Å²) in [6, 6.07) is 29.9. The first-order chi connectivity index (χ1) is 32.5. The van der Waals surface area contributed by atoms with E-state index in [2.05, 4.69) is 89.9 Å². The molecular formula is C52H72N5O9PSi. The number of rotatable bonds is 24. The average molecular weight is 970 g/mol. The summed E-state index contributed by atoms with van der Waals surface area (Å²) in [5, 5.41) is 10.4. The molecule has 1 N–H and O–H groups in total. The van der Waals surface area contributed by atoms with Crippen molar-refractivity contribution in [2.45, 2.75) is 141 Å². The van der Waals surface area contributed by atoms with Gasteiger partial charge in [-0.3, -0.25) is 4.57 Å². The van der Waals surface area contributed by atoms with Gasteiger partial charge in [0.2, 0.25) is 8.32 Å². The van der Waals surface area contributed by atoms with Gasteiger partial charge in [0.25, 0.3) is 8.53 Å². The van der Waals surface area contributed by atoms with Gasteiger partial charge < -0.3 is 42.1 Å². The fourth-order valence-electron chi connectivity index (χ4n) is 10.1. The molecule has 1 unspecified atom stereocenters. The number of nitrogens with one attached hydrogen (secondary N) is 1. The minimum Gasteiger partial charge on any atom is -0.497 e. The van der Waals surface area contributed by atoms with Crippen molar-refractivity contribution in [3.8, 4) is 17.6 Å². The van der Waals surface area contributed by atoms with Crippen LogP contribution in [0.3, 0.4) is 0 Å². The maximum Gasteiger partial charge on any atom is 0.351 e. The van der Waals surface area contributed by atoms with Crippen LogP contribution in [0.25, 0.3) is 11.0 Å². The molecule has 1 aliphatic rings. The van der Waals surface area contributed by atoms with Crippen molar-refractivity contribution >= 4 is 27.9 Å². The predicted octanol–water partition coefficient (Wildman–Crippen LogP) is 11.2. The Bertz CT molecular complexity index is 2380. The molecule has 0 saturated carbocycles. The number of benzene rings is 3. The molecule has 68 heavy (non-hydrogen) atoms. The number of H-pyrrole nitrogens is 1. The number of ether oxygens (including phenoxy) is 5. The van der Waals surface area contributed by atoms with E-state index in [1.165, 1.54) is 4.57 Å². The Morgan fingerprint density at radius 3 is 1.91 bits per heavy atom. The first kappa shape index (κ1) is 52.9. The summed E-state index contributed by atoms with van der Waals surface area (Å²) in [7, 11) is -1.02. The van der Waals surface area contributed by atoms with Crippen LogP contribution in [0.2, 0.25) is 16.6 Å². The highest BCUT2D eigenvalue weighted by molar-refractivity contribution is 7.44. The molecule has 368 valence electrons. The molecule has 1 fully saturated rings. The number of aryl methyl sites for hydroxylation is 1. The van der Waals surface area contributed by atoms with E-state index in [9.17, 15) is 10.1 Å². The highest BCUT2D eigenvalue weighted by Gasteiger charge is 2.53. The Labute approximate surface area is 405 Å². The molecule has 0 radical (unpaired) electrons. The highest BCUT2D eigenvalue weighted by atomic mass is 31.2. The zero-order valence-corrected chi connectivity index (χ0v) is 44.0. The zero-order chi connectivity index (χ0) is 49.3. The van der Waals surface area contributed by atoms with Crippen molar-refractivity contribution < 1.29 is 37.2 Å². The number of nitrogens with zero attached hydrogens (tertiary/aromatic N) is 4. The Hall–Kier alpha value is -4.46. The first-order valence-electron chi connectivity index (χ1n) is 23.7. The van der Waals surface area contributed by atoms with Crippen molar-refractivity contribution in [1.29, 1.82) is 5.26 Å². The van der Waals surface area contributed by atoms with E-state index in [0.717, 1.165) is 27.8 Å². The van der Waals surface area contributed by atoms with E-state index in [0.29, 0.717) is 17.1 Å². The van der Waals surface area contributed by atoms with Crippen molar-refractivity contribution in [3.63, 3.8) is 0 Å². The average Bonchev–Trinajstić information content (AvgIpc) is 3.85. The fourth-order valence-corrected chi connectivity index (χ4v) is 17.1. The summed E-state index contributed by atoms with van der Waals surface area (Å²) in [5.74, 6) is 1.39. The molecule has 16 heteroatoms. The molecule has 2 aromatic heterocycles. The Balaban J connectivity index is 1.55. The van der Waals surface area contributed by atoms with Crippen molar-refractivity contribution in [2.24, 2.45) is 0 Å². The van der Waals surface area contributed by atoms with Gasteiger partial charge in [-0.1, -0.05) is 96.1 Å². The molecule has 6 rings (SSSR count). The van der Waals surface area contributed by atoms with Gasteiger partial charge in [0.1, 0.15) is 47.9 Å². The summed E-state index contributed by atoms with van der Waals surface area (Å²) >= 11 is 0. The molecule has 3 aromatic carbocycles. The molecule has 0 spiro atoms. The van der Waals surface area contributed by atoms with E-state index in [4.69, 9.17) is 37.2 Å². The third-order valence-electron chi connectivity index (χ3n) is 13.0. The van der Waals surface area contributed by atoms with Gasteiger partial charge in [-0.2, -0.15) is 10.2 Å². The predicted molar refractivity (Wildman–Crippen MR) is 269 cm³/mol. The zero-order valence-electron chi connectivity index (χ0n) is 42.1. The van der Waals surface area contributed by atoms with Gasteiger partial charge in [-0.15, -0.1) is 0 Å². The molecule has 5 aromatic rings. The molecule has 14 nitrogen and oxygen atoms in total. The van der Waals surface area contributed by atoms with Gasteiger partial charge >= 0.3 is 5.69 Å². The van der Waals surface area contributed by atoms with Crippen LogP contribution in [0.4, 0.5) is 0 Å². The third kappa shape index (κ3) is 11.3. The standard InChI is InChI=1S/C52H72N5O9PSi/c1-34(2)57(35(3)4)67(63-29-17-28-53)66-47-46(32-62-52(41-18-15-14-16-19-41,42-20-24-44(59-12)25-21-42)43-22-26-45(60-13)27-23-43)65-50(56-31-40-30-39(11)54-49(40)55-51(56)58)48(47)61-33-64-68(36(5)6,37(7)8)38(9)10/h14-16,18-27,30-31,34-38,46-48,50H,17,29,32-33H2,1-13H3,(H,54,55,58)/t46-,47-,48-,50-,67?/m1/s1. The number of fused-ring (bicyclic) bond motifs is 1. The van der Waals surface area contributed by atoms with E-state index in [-0.39, 0.29) is 55.1 Å². The lowest BCUT2D eigenvalue weighted by Crippen LogP contribution is -2.49. The second-order valence-electron chi connectivity index (χ2n) is 18.9. The lowest BCUT2D eigenvalue weighted by atomic mass is 9.80. The van der Waals surface area contributed by atoms with Gasteiger partial charge in [0.15, 0.2) is 6.23 Å². The van der Waals surface area contributed by atoms with Crippen LogP contribution in [-0.4, -0.2) is 92.1 Å². The minimum absolute atomic E-state index is 0.00427. The summed E-state index contributed by atoms with van der Waals surface area (Å²) in [6.45, 7) is 23.7. The molecule has 0 amide bonds. The van der Waals surface area contributed by atoms with Crippen molar-refractivity contribution in [2.75, 3.05) is 34.2 Å². The van der Waals surface area contributed by atoms with Crippen LogP contribution in [-0.2, 0) is 33.3 Å². The molecule has 0 bridgehead atoms. The normalized spacial score (nSPS) is 18.4. The second kappa shape index (κ2) is 23.4. The van der Waals surface area contributed by atoms with E-state index in [1.54, 1.807) is 20.4 Å². The third-order valence-corrected chi connectivity index (χ3v) is 21.2. The maximum absolute atomic E-state index is 14.3. The number of aromatic nitrogens is 3. The largest absolute Gasteiger partial charge is 0.497 e. The Morgan fingerprint density at radius 2 is 1.40 bits per heavy atom. The molecule has 5 atom stereocenters. The molecule has 0 aliphatic carbocycles. The van der Waals surface area contributed by atoms with Gasteiger partial charge in [0, 0.05) is 29.4 Å². The monoisotopic (exact) mass is 969 g/mol. The van der Waals surface area contributed by atoms with E-state index in [1.807, 2.05) is 91.9 Å².